The number of anilines is 1. The van der Waals surface area contributed by atoms with Crippen LogP contribution in [0.25, 0.3) is 0 Å². The average molecular weight is 341 g/mol. The van der Waals surface area contributed by atoms with Gasteiger partial charge in [0.15, 0.2) is 5.69 Å². The number of nitrogens with one attached hydrogen (secondary N) is 1. The molecule has 0 aliphatic rings. The fraction of sp³-hybridized carbons (Fsp3) is 0.250. The van der Waals surface area contributed by atoms with Crippen molar-refractivity contribution in [3.05, 3.63) is 38.6 Å². The monoisotopic (exact) mass is 340 g/mol. The number of hydrogen-bond acceptors (Lipinski definition) is 5. The first-order valence-corrected chi connectivity index (χ1v) is 7.27. The van der Waals surface area contributed by atoms with Gasteiger partial charge in [-0.05, 0) is 34.1 Å². The van der Waals surface area contributed by atoms with E-state index in [0.29, 0.717) is 18.1 Å². The summed E-state index contributed by atoms with van der Waals surface area (Å²) in [6, 6.07) is 5.40. The molecule has 7 heteroatoms. The number of thiophene rings is 1. The van der Waals surface area contributed by atoms with Crippen LogP contribution in [-0.2, 0) is 6.54 Å². The number of rotatable bonds is 4. The van der Waals surface area contributed by atoms with E-state index in [0.717, 1.165) is 9.35 Å². The molecule has 0 spiro atoms. The Balaban J connectivity index is 2.05. The van der Waals surface area contributed by atoms with Crippen molar-refractivity contribution < 1.29 is 4.79 Å². The summed E-state index contributed by atoms with van der Waals surface area (Å²) < 4.78 is 1.03. The molecule has 0 saturated heterocycles. The van der Waals surface area contributed by atoms with Gasteiger partial charge in [0.1, 0.15) is 5.82 Å². The van der Waals surface area contributed by atoms with Crippen LogP contribution < -0.4 is 5.32 Å². The first-order chi connectivity index (χ1) is 9.10. The molecule has 5 nitrogen and oxygen atoms in total. The van der Waals surface area contributed by atoms with Crippen molar-refractivity contribution in [3.63, 3.8) is 0 Å². The van der Waals surface area contributed by atoms with E-state index in [4.69, 9.17) is 0 Å². The molecule has 2 heterocycles. The summed E-state index contributed by atoms with van der Waals surface area (Å²) in [5.41, 5.74) is 0.345. The van der Waals surface area contributed by atoms with Crippen LogP contribution in [0.5, 0.6) is 0 Å². The molecule has 1 N–H and O–H groups in total. The second kappa shape index (κ2) is 6.12. The highest BCUT2D eigenvalue weighted by Crippen LogP contribution is 2.21. The van der Waals surface area contributed by atoms with Gasteiger partial charge in [-0.3, -0.25) is 4.79 Å². The molecular weight excluding hydrogens is 328 g/mol. The van der Waals surface area contributed by atoms with Crippen LogP contribution in [0.15, 0.2) is 28.1 Å². The van der Waals surface area contributed by atoms with E-state index < -0.39 is 0 Å². The van der Waals surface area contributed by atoms with Crippen LogP contribution in [0.2, 0.25) is 0 Å². The summed E-state index contributed by atoms with van der Waals surface area (Å²) in [7, 11) is 3.51. The molecule has 2 aromatic rings. The molecule has 0 unspecified atom stereocenters. The quantitative estimate of drug-likeness (QED) is 0.929. The Morgan fingerprint density at radius 3 is 2.79 bits per heavy atom. The Labute approximate surface area is 123 Å². The number of halogens is 1. The van der Waals surface area contributed by atoms with E-state index in [-0.39, 0.29) is 5.91 Å². The van der Waals surface area contributed by atoms with Gasteiger partial charge in [-0.25, -0.2) is 0 Å². The minimum atomic E-state index is -0.139. The zero-order valence-corrected chi connectivity index (χ0v) is 13.0. The molecule has 19 heavy (non-hydrogen) atoms. The number of hydrogen-bond donors (Lipinski definition) is 1. The zero-order valence-electron chi connectivity index (χ0n) is 10.6. The molecule has 0 fully saturated rings. The van der Waals surface area contributed by atoms with Crippen LogP contribution in [0.3, 0.4) is 0 Å². The van der Waals surface area contributed by atoms with E-state index in [9.17, 15) is 4.79 Å². The van der Waals surface area contributed by atoms with Crippen molar-refractivity contribution in [1.82, 2.24) is 15.1 Å². The van der Waals surface area contributed by atoms with E-state index in [1.54, 1.807) is 42.5 Å². The van der Waals surface area contributed by atoms with Gasteiger partial charge in [0, 0.05) is 28.8 Å². The van der Waals surface area contributed by atoms with Crippen LogP contribution in [0.4, 0.5) is 5.82 Å². The van der Waals surface area contributed by atoms with Gasteiger partial charge < -0.3 is 10.2 Å². The first kappa shape index (κ1) is 14.0. The Morgan fingerprint density at radius 2 is 2.26 bits per heavy atom. The zero-order chi connectivity index (χ0) is 13.8. The molecular formula is C12H13BrN4OS. The summed E-state index contributed by atoms with van der Waals surface area (Å²) in [5, 5.41) is 12.7. The van der Waals surface area contributed by atoms with Crippen molar-refractivity contribution in [2.45, 2.75) is 6.54 Å². The Hall–Kier alpha value is -1.47. The lowest BCUT2D eigenvalue weighted by Gasteiger charge is -2.15. The molecule has 2 rings (SSSR count). The van der Waals surface area contributed by atoms with Crippen molar-refractivity contribution >= 4 is 39.0 Å². The molecule has 2 aromatic heterocycles. The lowest BCUT2D eigenvalue weighted by molar-refractivity contribution is 0.0779. The van der Waals surface area contributed by atoms with Gasteiger partial charge in [0.2, 0.25) is 0 Å². The van der Waals surface area contributed by atoms with Crippen molar-refractivity contribution in [2.24, 2.45) is 0 Å². The Morgan fingerprint density at radius 1 is 1.47 bits per heavy atom. The second-order valence-corrected chi connectivity index (χ2v) is 5.86. The highest BCUT2D eigenvalue weighted by molar-refractivity contribution is 9.10. The van der Waals surface area contributed by atoms with E-state index in [1.165, 1.54) is 0 Å². The minimum absolute atomic E-state index is 0.139. The normalized spacial score (nSPS) is 10.3. The standard InChI is InChI=1S/C12H13BrN4OS/c1-14-11-4-3-10(15-16-11)12(18)17(2)6-9-5-8(13)7-19-9/h3-5,7H,6H2,1-2H3,(H,14,16). The van der Waals surface area contributed by atoms with Crippen LogP contribution >= 0.6 is 27.3 Å². The number of nitrogens with zero attached hydrogens (tertiary/aromatic N) is 3. The van der Waals surface area contributed by atoms with Crippen molar-refractivity contribution in [2.75, 3.05) is 19.4 Å². The fourth-order valence-electron chi connectivity index (χ4n) is 1.52. The highest BCUT2D eigenvalue weighted by Gasteiger charge is 2.14. The maximum Gasteiger partial charge on any atom is 0.274 e. The van der Waals surface area contributed by atoms with Crippen molar-refractivity contribution in [3.8, 4) is 0 Å². The van der Waals surface area contributed by atoms with Crippen LogP contribution in [0, 0.1) is 0 Å². The molecule has 0 atom stereocenters. The van der Waals surface area contributed by atoms with Gasteiger partial charge in [-0.1, -0.05) is 0 Å². The topological polar surface area (TPSA) is 58.1 Å². The summed E-state index contributed by atoms with van der Waals surface area (Å²) in [6.07, 6.45) is 0. The number of amides is 1. The number of carbonyl (C=O) groups excluding carboxylic acids is 1. The van der Waals surface area contributed by atoms with Gasteiger partial charge >= 0.3 is 0 Å². The molecule has 0 aromatic carbocycles. The first-order valence-electron chi connectivity index (χ1n) is 5.60. The van der Waals surface area contributed by atoms with E-state index >= 15 is 0 Å². The van der Waals surface area contributed by atoms with Gasteiger partial charge in [0.05, 0.1) is 6.54 Å². The summed E-state index contributed by atoms with van der Waals surface area (Å²) in [4.78, 5) is 14.9. The molecule has 0 saturated carbocycles. The third-order valence-corrected chi connectivity index (χ3v) is 4.18. The second-order valence-electron chi connectivity index (χ2n) is 3.95. The third kappa shape index (κ3) is 3.51. The van der Waals surface area contributed by atoms with Crippen LogP contribution in [-0.4, -0.2) is 35.1 Å². The van der Waals surface area contributed by atoms with E-state index in [2.05, 4.69) is 31.4 Å². The number of carbonyl (C=O) groups is 1. The highest BCUT2D eigenvalue weighted by atomic mass is 79.9. The summed E-state index contributed by atoms with van der Waals surface area (Å²) in [6.45, 7) is 0.560. The molecule has 0 radical (unpaired) electrons. The minimum Gasteiger partial charge on any atom is -0.372 e. The fourth-order valence-corrected chi connectivity index (χ4v) is 3.02. The lowest BCUT2D eigenvalue weighted by Crippen LogP contribution is -2.26. The van der Waals surface area contributed by atoms with Crippen molar-refractivity contribution in [1.29, 1.82) is 0 Å². The SMILES string of the molecule is CNc1ccc(C(=O)N(C)Cc2cc(Br)cs2)nn1. The Bertz CT molecular complexity index is 569. The summed E-state index contributed by atoms with van der Waals surface area (Å²) in [5.74, 6) is 0.501. The Kier molecular flexibility index (Phi) is 4.49. The maximum atomic E-state index is 12.2. The van der Waals surface area contributed by atoms with Gasteiger partial charge in [0.25, 0.3) is 5.91 Å². The molecule has 0 aliphatic heterocycles. The predicted octanol–water partition coefficient (Wildman–Crippen LogP) is 2.61. The van der Waals surface area contributed by atoms with Gasteiger partial charge in [-0.15, -0.1) is 21.5 Å². The smallest absolute Gasteiger partial charge is 0.274 e. The molecule has 0 aliphatic carbocycles. The lowest BCUT2D eigenvalue weighted by atomic mass is 10.3. The molecule has 1 amide bonds. The largest absolute Gasteiger partial charge is 0.372 e. The third-order valence-electron chi connectivity index (χ3n) is 2.50. The molecule has 100 valence electrons. The summed E-state index contributed by atoms with van der Waals surface area (Å²) >= 11 is 5.01. The van der Waals surface area contributed by atoms with Crippen LogP contribution in [0.1, 0.15) is 15.4 Å². The average Bonchev–Trinajstić information content (AvgIpc) is 2.83. The molecule has 0 bridgehead atoms. The van der Waals surface area contributed by atoms with Gasteiger partial charge in [-0.2, -0.15) is 0 Å². The number of aromatic nitrogens is 2. The predicted molar refractivity (Wildman–Crippen MR) is 79.4 cm³/mol. The maximum absolute atomic E-state index is 12.2. The van der Waals surface area contributed by atoms with E-state index in [1.807, 2.05) is 11.4 Å².